The molecule has 0 spiro atoms. The van der Waals surface area contributed by atoms with Gasteiger partial charge in [-0.25, -0.2) is 4.79 Å². The van der Waals surface area contributed by atoms with Crippen LogP contribution in [0.3, 0.4) is 0 Å². The molecule has 24 heavy (non-hydrogen) atoms. The van der Waals surface area contributed by atoms with E-state index in [0.717, 1.165) is 12.8 Å². The molecule has 1 aliphatic heterocycles. The highest BCUT2D eigenvalue weighted by atomic mass is 16.4. The average molecular weight is 332 g/mol. The van der Waals surface area contributed by atoms with Gasteiger partial charge >= 0.3 is 5.97 Å². The molecule has 1 saturated heterocycles. The number of benzene rings is 1. The Hall–Kier alpha value is -2.37. The Bertz CT molecular complexity index is 590. The molecule has 0 aliphatic carbocycles. The summed E-state index contributed by atoms with van der Waals surface area (Å²) >= 11 is 0. The second-order valence-corrected chi connectivity index (χ2v) is 6.09. The van der Waals surface area contributed by atoms with E-state index in [1.165, 1.54) is 24.3 Å². The van der Waals surface area contributed by atoms with Gasteiger partial charge in [-0.05, 0) is 43.5 Å². The molecule has 6 heteroatoms. The van der Waals surface area contributed by atoms with Crippen LogP contribution >= 0.6 is 0 Å². The molecule has 0 bridgehead atoms. The van der Waals surface area contributed by atoms with E-state index in [4.69, 9.17) is 5.11 Å². The standard InChI is InChI=1S/C18H24N2O4/c1-2-3-10-19-16(21)13-8-11-20(12-9-13)17(22)14-4-6-15(7-5-14)18(23)24/h4-7,13H,2-3,8-12H2,1H3,(H,19,21)(H,23,24). The smallest absolute Gasteiger partial charge is 0.335 e. The van der Waals surface area contributed by atoms with Gasteiger partial charge in [0, 0.05) is 31.1 Å². The van der Waals surface area contributed by atoms with Crippen LogP contribution in [0.15, 0.2) is 24.3 Å². The lowest BCUT2D eigenvalue weighted by Crippen LogP contribution is -2.43. The molecule has 130 valence electrons. The number of nitrogens with zero attached hydrogens (tertiary/aromatic N) is 1. The minimum atomic E-state index is -1.01. The van der Waals surface area contributed by atoms with E-state index >= 15 is 0 Å². The van der Waals surface area contributed by atoms with Gasteiger partial charge in [-0.2, -0.15) is 0 Å². The van der Waals surface area contributed by atoms with Gasteiger partial charge in [0.25, 0.3) is 5.91 Å². The lowest BCUT2D eigenvalue weighted by Gasteiger charge is -2.31. The summed E-state index contributed by atoms with van der Waals surface area (Å²) in [4.78, 5) is 37.1. The predicted molar refractivity (Wildman–Crippen MR) is 89.9 cm³/mol. The van der Waals surface area contributed by atoms with Crippen molar-refractivity contribution >= 4 is 17.8 Å². The second-order valence-electron chi connectivity index (χ2n) is 6.09. The van der Waals surface area contributed by atoms with Crippen LogP contribution in [0.1, 0.15) is 53.3 Å². The van der Waals surface area contributed by atoms with Gasteiger partial charge < -0.3 is 15.3 Å². The number of likely N-dealkylation sites (tertiary alicyclic amines) is 1. The molecule has 1 heterocycles. The number of rotatable bonds is 6. The van der Waals surface area contributed by atoms with Crippen molar-refractivity contribution in [3.05, 3.63) is 35.4 Å². The van der Waals surface area contributed by atoms with Gasteiger partial charge in [0.2, 0.25) is 5.91 Å². The molecule has 2 N–H and O–H groups in total. The van der Waals surface area contributed by atoms with E-state index in [-0.39, 0.29) is 23.3 Å². The quantitative estimate of drug-likeness (QED) is 0.782. The summed E-state index contributed by atoms with van der Waals surface area (Å²) in [6.45, 7) is 3.89. The fourth-order valence-electron chi connectivity index (χ4n) is 2.82. The zero-order valence-electron chi connectivity index (χ0n) is 14.0. The minimum absolute atomic E-state index is 0.0275. The van der Waals surface area contributed by atoms with Gasteiger partial charge in [-0.3, -0.25) is 9.59 Å². The monoisotopic (exact) mass is 332 g/mol. The second kappa shape index (κ2) is 8.47. The number of unbranched alkanes of at least 4 members (excludes halogenated alkanes) is 1. The Balaban J connectivity index is 1.86. The maximum atomic E-state index is 12.4. The predicted octanol–water partition coefficient (Wildman–Crippen LogP) is 2.15. The molecule has 0 saturated carbocycles. The Morgan fingerprint density at radius 2 is 1.71 bits per heavy atom. The van der Waals surface area contributed by atoms with Crippen LogP contribution in [0, 0.1) is 5.92 Å². The lowest BCUT2D eigenvalue weighted by atomic mass is 9.95. The van der Waals surface area contributed by atoms with Gasteiger partial charge in [0.1, 0.15) is 0 Å². The summed E-state index contributed by atoms with van der Waals surface area (Å²) < 4.78 is 0. The lowest BCUT2D eigenvalue weighted by molar-refractivity contribution is -0.126. The normalized spacial score (nSPS) is 15.1. The highest BCUT2D eigenvalue weighted by Crippen LogP contribution is 2.19. The number of hydrogen-bond donors (Lipinski definition) is 2. The third-order valence-corrected chi connectivity index (χ3v) is 4.36. The number of piperidine rings is 1. The SMILES string of the molecule is CCCCNC(=O)C1CCN(C(=O)c2ccc(C(=O)O)cc2)CC1. The van der Waals surface area contributed by atoms with Crippen molar-refractivity contribution < 1.29 is 19.5 Å². The zero-order chi connectivity index (χ0) is 17.5. The van der Waals surface area contributed by atoms with Crippen LogP contribution in [-0.2, 0) is 4.79 Å². The fourth-order valence-corrected chi connectivity index (χ4v) is 2.82. The molecule has 0 unspecified atom stereocenters. The highest BCUT2D eigenvalue weighted by Gasteiger charge is 2.27. The van der Waals surface area contributed by atoms with Crippen molar-refractivity contribution in [3.63, 3.8) is 0 Å². The molecule has 0 aromatic heterocycles. The molecule has 2 rings (SSSR count). The van der Waals surface area contributed by atoms with Crippen molar-refractivity contribution in [1.82, 2.24) is 10.2 Å². The number of carboxylic acids is 1. The van der Waals surface area contributed by atoms with Crippen LogP contribution in [0.2, 0.25) is 0 Å². The van der Waals surface area contributed by atoms with Crippen LogP contribution in [0.25, 0.3) is 0 Å². The van der Waals surface area contributed by atoms with E-state index in [9.17, 15) is 14.4 Å². The number of carbonyl (C=O) groups is 3. The van der Waals surface area contributed by atoms with Crippen molar-refractivity contribution in [2.24, 2.45) is 5.92 Å². The molecule has 1 aromatic carbocycles. The molecule has 0 radical (unpaired) electrons. The minimum Gasteiger partial charge on any atom is -0.478 e. The first-order valence-corrected chi connectivity index (χ1v) is 8.43. The third-order valence-electron chi connectivity index (χ3n) is 4.36. The Labute approximate surface area is 141 Å². The van der Waals surface area contributed by atoms with E-state index in [2.05, 4.69) is 12.2 Å². The molecule has 1 fully saturated rings. The molecule has 1 aromatic rings. The van der Waals surface area contributed by atoms with E-state index in [0.29, 0.717) is 38.0 Å². The van der Waals surface area contributed by atoms with Crippen LogP contribution in [-0.4, -0.2) is 47.4 Å². The molecule has 0 atom stereocenters. The number of amides is 2. The van der Waals surface area contributed by atoms with Crippen molar-refractivity contribution in [2.75, 3.05) is 19.6 Å². The number of hydrogen-bond acceptors (Lipinski definition) is 3. The first-order chi connectivity index (χ1) is 11.5. The number of nitrogens with one attached hydrogen (secondary N) is 1. The topological polar surface area (TPSA) is 86.7 Å². The van der Waals surface area contributed by atoms with Crippen molar-refractivity contribution in [3.8, 4) is 0 Å². The summed E-state index contributed by atoms with van der Waals surface area (Å²) in [7, 11) is 0. The van der Waals surface area contributed by atoms with Crippen LogP contribution < -0.4 is 5.32 Å². The first-order valence-electron chi connectivity index (χ1n) is 8.43. The molecule has 1 aliphatic rings. The average Bonchev–Trinajstić information content (AvgIpc) is 2.61. The van der Waals surface area contributed by atoms with Gasteiger partial charge in [-0.15, -0.1) is 0 Å². The van der Waals surface area contributed by atoms with E-state index < -0.39 is 5.97 Å². The Kier molecular flexibility index (Phi) is 6.35. The Morgan fingerprint density at radius 3 is 2.25 bits per heavy atom. The van der Waals surface area contributed by atoms with Crippen LogP contribution in [0.4, 0.5) is 0 Å². The van der Waals surface area contributed by atoms with Crippen LogP contribution in [0.5, 0.6) is 0 Å². The summed E-state index contributed by atoms with van der Waals surface area (Å²) in [6, 6.07) is 5.94. The van der Waals surface area contributed by atoms with Crippen molar-refractivity contribution in [2.45, 2.75) is 32.6 Å². The third kappa shape index (κ3) is 4.57. The summed E-state index contributed by atoms with van der Waals surface area (Å²) in [5.41, 5.74) is 0.639. The van der Waals surface area contributed by atoms with Gasteiger partial charge in [0.15, 0.2) is 0 Å². The maximum Gasteiger partial charge on any atom is 0.335 e. The zero-order valence-corrected chi connectivity index (χ0v) is 14.0. The largest absolute Gasteiger partial charge is 0.478 e. The summed E-state index contributed by atoms with van der Waals surface area (Å²) in [5, 5.41) is 11.8. The van der Waals surface area contributed by atoms with Gasteiger partial charge in [0.05, 0.1) is 5.56 Å². The Morgan fingerprint density at radius 1 is 1.12 bits per heavy atom. The number of carboxylic acid groups (broad SMARTS) is 1. The van der Waals surface area contributed by atoms with Gasteiger partial charge in [-0.1, -0.05) is 13.3 Å². The van der Waals surface area contributed by atoms with E-state index in [1.807, 2.05) is 0 Å². The van der Waals surface area contributed by atoms with E-state index in [1.54, 1.807) is 4.90 Å². The highest BCUT2D eigenvalue weighted by molar-refractivity contribution is 5.96. The first kappa shape index (κ1) is 18.0. The molecule has 6 nitrogen and oxygen atoms in total. The summed E-state index contributed by atoms with van der Waals surface area (Å²) in [5.74, 6) is -1.07. The van der Waals surface area contributed by atoms with Crippen molar-refractivity contribution in [1.29, 1.82) is 0 Å². The number of carbonyl (C=O) groups excluding carboxylic acids is 2. The summed E-state index contributed by atoms with van der Waals surface area (Å²) in [6.07, 6.45) is 3.36. The molecular formula is C18H24N2O4. The number of aromatic carboxylic acids is 1. The molecular weight excluding hydrogens is 308 g/mol. The fraction of sp³-hybridized carbons (Fsp3) is 0.500. The molecule has 2 amide bonds. The maximum absolute atomic E-state index is 12.4.